The first-order valence-corrected chi connectivity index (χ1v) is 9.95. The molecule has 2 amide bonds. The fourth-order valence-corrected chi connectivity index (χ4v) is 4.93. The minimum atomic E-state index is -0.956. The number of carboxylic acid groups (broad SMARTS) is 1. The Hall–Kier alpha value is -2.27. The smallest absolute Gasteiger partial charge is 0.407 e. The van der Waals surface area contributed by atoms with E-state index in [1.165, 1.54) is 4.90 Å². The minimum absolute atomic E-state index is 0.278. The number of carbonyl (C=O) groups is 2. The number of nitrogens with zero attached hydrogens (tertiary/aromatic N) is 2. The van der Waals surface area contributed by atoms with E-state index in [9.17, 15) is 14.7 Å². The standard InChI is InChI=1S/C22H27ClN2O3/c1-14(16-11-7-9-15-8-5-6-10-17(15)16)25(20(23)26)18-12-13-24(21(27)28)19(18)22(2,3)4/h5-11,14,18-19H,12-13H2,1-4H3,(H,27,28)/t14-,18?,19+/m1/s1. The molecule has 0 bridgehead atoms. The molecule has 1 unspecified atom stereocenters. The van der Waals surface area contributed by atoms with Crippen LogP contribution in [0.2, 0.25) is 0 Å². The fourth-order valence-electron chi connectivity index (χ4n) is 4.66. The van der Waals surface area contributed by atoms with Crippen molar-refractivity contribution in [3.05, 3.63) is 48.0 Å². The van der Waals surface area contributed by atoms with Crippen LogP contribution in [0, 0.1) is 5.41 Å². The molecule has 28 heavy (non-hydrogen) atoms. The van der Waals surface area contributed by atoms with Crippen LogP contribution < -0.4 is 0 Å². The van der Waals surface area contributed by atoms with Crippen LogP contribution in [0.25, 0.3) is 10.8 Å². The van der Waals surface area contributed by atoms with Gasteiger partial charge < -0.3 is 14.9 Å². The molecular weight excluding hydrogens is 376 g/mol. The summed E-state index contributed by atoms with van der Waals surface area (Å²) in [4.78, 5) is 27.5. The molecular formula is C22H27ClN2O3. The maximum absolute atomic E-state index is 12.6. The Morgan fingerprint density at radius 3 is 2.43 bits per heavy atom. The van der Waals surface area contributed by atoms with E-state index in [0.29, 0.717) is 13.0 Å². The molecule has 0 aliphatic carbocycles. The van der Waals surface area contributed by atoms with Crippen molar-refractivity contribution in [1.82, 2.24) is 9.80 Å². The summed E-state index contributed by atoms with van der Waals surface area (Å²) in [5, 5.41) is 11.3. The van der Waals surface area contributed by atoms with Crippen molar-refractivity contribution in [1.29, 1.82) is 0 Å². The van der Waals surface area contributed by atoms with Gasteiger partial charge in [-0.25, -0.2) is 4.79 Å². The zero-order chi connectivity index (χ0) is 20.6. The van der Waals surface area contributed by atoms with E-state index in [4.69, 9.17) is 11.6 Å². The van der Waals surface area contributed by atoms with Crippen LogP contribution in [0.1, 0.15) is 45.7 Å². The maximum atomic E-state index is 12.6. The second kappa shape index (κ2) is 7.63. The van der Waals surface area contributed by atoms with Crippen molar-refractivity contribution in [2.24, 2.45) is 5.41 Å². The average molecular weight is 403 g/mol. The van der Waals surface area contributed by atoms with Gasteiger partial charge in [0.05, 0.1) is 18.1 Å². The number of likely N-dealkylation sites (tertiary alicyclic amines) is 1. The van der Waals surface area contributed by atoms with Crippen molar-refractivity contribution < 1.29 is 14.7 Å². The molecule has 3 rings (SSSR count). The van der Waals surface area contributed by atoms with E-state index in [0.717, 1.165) is 16.3 Å². The third-order valence-corrected chi connectivity index (χ3v) is 5.95. The summed E-state index contributed by atoms with van der Waals surface area (Å²) in [7, 11) is 0. The first kappa shape index (κ1) is 20.5. The van der Waals surface area contributed by atoms with Crippen LogP contribution in [0.5, 0.6) is 0 Å². The molecule has 0 spiro atoms. The van der Waals surface area contributed by atoms with Crippen molar-refractivity contribution >= 4 is 33.8 Å². The number of hydrogen-bond acceptors (Lipinski definition) is 2. The summed E-state index contributed by atoms with van der Waals surface area (Å²) < 4.78 is 0. The Morgan fingerprint density at radius 1 is 1.18 bits per heavy atom. The Balaban J connectivity index is 2.06. The van der Waals surface area contributed by atoms with E-state index >= 15 is 0 Å². The summed E-state index contributed by atoms with van der Waals surface area (Å²) in [5.74, 6) is 0. The van der Waals surface area contributed by atoms with Gasteiger partial charge in [0.15, 0.2) is 0 Å². The lowest BCUT2D eigenvalue weighted by Gasteiger charge is -2.43. The quantitative estimate of drug-likeness (QED) is 0.526. The molecule has 2 aromatic rings. The molecule has 1 aliphatic heterocycles. The van der Waals surface area contributed by atoms with E-state index in [1.54, 1.807) is 4.90 Å². The fraction of sp³-hybridized carbons (Fsp3) is 0.455. The predicted molar refractivity (Wildman–Crippen MR) is 112 cm³/mol. The highest BCUT2D eigenvalue weighted by Crippen LogP contribution is 2.40. The molecule has 0 aromatic heterocycles. The van der Waals surface area contributed by atoms with Gasteiger partial charge in [0.25, 0.3) is 0 Å². The highest BCUT2D eigenvalue weighted by molar-refractivity contribution is 6.62. The first-order chi connectivity index (χ1) is 13.1. The number of amides is 2. The number of fused-ring (bicyclic) bond motifs is 1. The van der Waals surface area contributed by atoms with Gasteiger partial charge >= 0.3 is 11.5 Å². The third kappa shape index (κ3) is 3.68. The molecule has 1 fully saturated rings. The minimum Gasteiger partial charge on any atom is -0.465 e. The van der Waals surface area contributed by atoms with Gasteiger partial charge in [-0.1, -0.05) is 63.2 Å². The number of carbonyl (C=O) groups excluding carboxylic acids is 1. The number of benzene rings is 2. The lowest BCUT2D eigenvalue weighted by atomic mass is 9.81. The Kier molecular flexibility index (Phi) is 5.57. The van der Waals surface area contributed by atoms with E-state index in [-0.39, 0.29) is 23.5 Å². The van der Waals surface area contributed by atoms with Crippen molar-refractivity contribution in [3.8, 4) is 0 Å². The molecule has 150 valence electrons. The lowest BCUT2D eigenvalue weighted by molar-refractivity contribution is 0.0680. The zero-order valence-corrected chi connectivity index (χ0v) is 17.5. The number of hydrogen-bond donors (Lipinski definition) is 1. The maximum Gasteiger partial charge on any atom is 0.407 e. The summed E-state index contributed by atoms with van der Waals surface area (Å²) in [6, 6.07) is 13.2. The number of rotatable bonds is 3. The van der Waals surface area contributed by atoms with Gasteiger partial charge in [0.2, 0.25) is 0 Å². The van der Waals surface area contributed by atoms with Crippen LogP contribution in [0.15, 0.2) is 42.5 Å². The second-order valence-electron chi connectivity index (χ2n) is 8.55. The van der Waals surface area contributed by atoms with Gasteiger partial charge in [0.1, 0.15) is 0 Å². The van der Waals surface area contributed by atoms with Crippen LogP contribution in [-0.4, -0.2) is 45.0 Å². The van der Waals surface area contributed by atoms with Crippen molar-refractivity contribution in [2.75, 3.05) is 6.54 Å². The van der Waals surface area contributed by atoms with Crippen LogP contribution in [0.4, 0.5) is 9.59 Å². The normalized spacial score (nSPS) is 21.0. The van der Waals surface area contributed by atoms with Crippen molar-refractivity contribution in [2.45, 2.75) is 52.2 Å². The summed E-state index contributed by atoms with van der Waals surface area (Å²) in [6.07, 6.45) is -0.385. The topological polar surface area (TPSA) is 60.9 Å². The highest BCUT2D eigenvalue weighted by Gasteiger charge is 2.48. The van der Waals surface area contributed by atoms with E-state index in [2.05, 4.69) is 0 Å². The zero-order valence-electron chi connectivity index (χ0n) is 16.7. The Morgan fingerprint density at radius 2 is 1.82 bits per heavy atom. The molecule has 3 atom stereocenters. The van der Waals surface area contributed by atoms with E-state index < -0.39 is 11.5 Å². The Bertz CT molecular complexity index is 887. The second-order valence-corrected chi connectivity index (χ2v) is 8.87. The number of halogens is 1. The average Bonchev–Trinajstić information content (AvgIpc) is 3.06. The molecule has 1 aliphatic rings. The highest BCUT2D eigenvalue weighted by atomic mass is 35.5. The lowest BCUT2D eigenvalue weighted by Crippen LogP contribution is -2.54. The van der Waals surface area contributed by atoms with Gasteiger partial charge in [-0.2, -0.15) is 0 Å². The molecule has 0 radical (unpaired) electrons. The summed E-state index contributed by atoms with van der Waals surface area (Å²) >= 11 is 6.08. The molecule has 6 heteroatoms. The van der Waals surface area contributed by atoms with Crippen LogP contribution >= 0.6 is 11.6 Å². The summed E-state index contributed by atoms with van der Waals surface area (Å²) in [6.45, 7) is 8.37. The molecule has 1 heterocycles. The van der Waals surface area contributed by atoms with Gasteiger partial charge in [0, 0.05) is 6.54 Å². The molecule has 0 saturated carbocycles. The van der Waals surface area contributed by atoms with Gasteiger partial charge in [-0.3, -0.25) is 4.79 Å². The Labute approximate surface area is 170 Å². The van der Waals surface area contributed by atoms with Gasteiger partial charge in [-0.15, -0.1) is 0 Å². The molecule has 1 N–H and O–H groups in total. The van der Waals surface area contributed by atoms with E-state index in [1.807, 2.05) is 70.2 Å². The van der Waals surface area contributed by atoms with Crippen LogP contribution in [0.3, 0.4) is 0 Å². The third-order valence-electron chi connectivity index (χ3n) is 5.75. The van der Waals surface area contributed by atoms with Crippen LogP contribution in [-0.2, 0) is 0 Å². The largest absolute Gasteiger partial charge is 0.465 e. The molecule has 1 saturated heterocycles. The first-order valence-electron chi connectivity index (χ1n) is 9.58. The predicted octanol–water partition coefficient (Wildman–Crippen LogP) is 5.73. The van der Waals surface area contributed by atoms with Crippen molar-refractivity contribution in [3.63, 3.8) is 0 Å². The molecule has 5 nitrogen and oxygen atoms in total. The van der Waals surface area contributed by atoms with Gasteiger partial charge in [-0.05, 0) is 46.7 Å². The summed E-state index contributed by atoms with van der Waals surface area (Å²) in [5.41, 5.74) is 0.677. The molecule has 2 aromatic carbocycles. The SMILES string of the molecule is C[C@H](c1cccc2ccccc12)N(C(=O)Cl)C1CCN(C(=O)O)[C@@H]1C(C)(C)C. The monoisotopic (exact) mass is 402 g/mol.